The highest BCUT2D eigenvalue weighted by Gasteiger charge is 2.29. The van der Waals surface area contributed by atoms with E-state index in [1.807, 2.05) is 6.92 Å². The van der Waals surface area contributed by atoms with Gasteiger partial charge in [0.25, 0.3) is 0 Å². The van der Waals surface area contributed by atoms with Crippen molar-refractivity contribution in [3.63, 3.8) is 0 Å². The molecule has 2 N–H and O–H groups in total. The van der Waals surface area contributed by atoms with Crippen molar-refractivity contribution in [3.05, 3.63) is 0 Å². The van der Waals surface area contributed by atoms with Crippen molar-refractivity contribution in [1.29, 1.82) is 0 Å². The van der Waals surface area contributed by atoms with Crippen LogP contribution in [0.1, 0.15) is 26.7 Å². The molecule has 0 aliphatic heterocycles. The summed E-state index contributed by atoms with van der Waals surface area (Å²) in [5.41, 5.74) is 0. The topological polar surface area (TPSA) is 74.6 Å². The van der Waals surface area contributed by atoms with Gasteiger partial charge in [0, 0.05) is 0 Å². The van der Waals surface area contributed by atoms with Gasteiger partial charge in [0.15, 0.2) is 0 Å². The molecule has 0 aliphatic carbocycles. The van der Waals surface area contributed by atoms with Crippen LogP contribution in [0.25, 0.3) is 0 Å². The van der Waals surface area contributed by atoms with Gasteiger partial charge in [-0.1, -0.05) is 13.3 Å². The highest BCUT2D eigenvalue weighted by Crippen LogP contribution is 2.11. The van der Waals surface area contributed by atoms with Gasteiger partial charge in [0.05, 0.1) is 6.10 Å². The van der Waals surface area contributed by atoms with E-state index in [0.29, 0.717) is 12.8 Å². The fourth-order valence-electron chi connectivity index (χ4n) is 1.07. The van der Waals surface area contributed by atoms with Crippen LogP contribution in [-0.2, 0) is 9.59 Å². The molecule has 4 nitrogen and oxygen atoms in total. The molecule has 2 atom stereocenters. The fraction of sp³-hybridized carbons (Fsp3) is 0.750. The molecule has 0 fully saturated rings. The SMILES string of the molecule is CCC[C@@H](O)[C@H](C(C)=O)C(=O)O. The van der Waals surface area contributed by atoms with Crippen molar-refractivity contribution in [2.75, 3.05) is 0 Å². The molecular weight excluding hydrogens is 160 g/mol. The molecule has 0 amide bonds. The van der Waals surface area contributed by atoms with Gasteiger partial charge in [-0.15, -0.1) is 0 Å². The summed E-state index contributed by atoms with van der Waals surface area (Å²) in [6, 6.07) is 0. The van der Waals surface area contributed by atoms with E-state index in [4.69, 9.17) is 5.11 Å². The molecular formula is C8H14O4. The van der Waals surface area contributed by atoms with Crippen LogP contribution in [0.3, 0.4) is 0 Å². The second kappa shape index (κ2) is 4.87. The maximum atomic E-state index is 10.8. The Balaban J connectivity index is 4.29. The summed E-state index contributed by atoms with van der Waals surface area (Å²) in [7, 11) is 0. The highest BCUT2D eigenvalue weighted by molar-refractivity contribution is 5.97. The van der Waals surface area contributed by atoms with Gasteiger partial charge in [0.1, 0.15) is 11.7 Å². The smallest absolute Gasteiger partial charge is 0.316 e. The van der Waals surface area contributed by atoms with Crippen LogP contribution in [-0.4, -0.2) is 28.1 Å². The van der Waals surface area contributed by atoms with Gasteiger partial charge in [0.2, 0.25) is 0 Å². The van der Waals surface area contributed by atoms with E-state index in [1.165, 1.54) is 6.92 Å². The average molecular weight is 174 g/mol. The van der Waals surface area contributed by atoms with Crippen LogP contribution in [0.5, 0.6) is 0 Å². The van der Waals surface area contributed by atoms with E-state index < -0.39 is 23.8 Å². The predicted molar refractivity (Wildman–Crippen MR) is 42.7 cm³/mol. The first-order valence-corrected chi connectivity index (χ1v) is 3.92. The number of carboxylic acids is 1. The Labute approximate surface area is 71.2 Å². The lowest BCUT2D eigenvalue weighted by molar-refractivity contribution is -0.150. The van der Waals surface area contributed by atoms with Crippen LogP contribution in [0.4, 0.5) is 0 Å². The van der Waals surface area contributed by atoms with Crippen molar-refractivity contribution in [1.82, 2.24) is 0 Å². The van der Waals surface area contributed by atoms with Crippen molar-refractivity contribution >= 4 is 11.8 Å². The lowest BCUT2D eigenvalue weighted by Gasteiger charge is -2.14. The molecule has 0 unspecified atom stereocenters. The number of aliphatic hydroxyl groups excluding tert-OH is 1. The van der Waals surface area contributed by atoms with E-state index >= 15 is 0 Å². The quantitative estimate of drug-likeness (QED) is 0.593. The van der Waals surface area contributed by atoms with Crippen LogP contribution in [0.15, 0.2) is 0 Å². The average Bonchev–Trinajstić information content (AvgIpc) is 1.85. The Bertz CT molecular complexity index is 162. The summed E-state index contributed by atoms with van der Waals surface area (Å²) in [4.78, 5) is 21.2. The number of aliphatic hydroxyl groups is 1. The van der Waals surface area contributed by atoms with Gasteiger partial charge >= 0.3 is 5.97 Å². The van der Waals surface area contributed by atoms with E-state index in [-0.39, 0.29) is 0 Å². The van der Waals surface area contributed by atoms with Crippen LogP contribution < -0.4 is 0 Å². The maximum Gasteiger partial charge on any atom is 0.316 e. The van der Waals surface area contributed by atoms with Gasteiger partial charge in [-0.25, -0.2) is 0 Å². The van der Waals surface area contributed by atoms with Crippen LogP contribution in [0, 0.1) is 5.92 Å². The molecule has 0 radical (unpaired) electrons. The number of carbonyl (C=O) groups excluding carboxylic acids is 1. The summed E-state index contributed by atoms with van der Waals surface area (Å²) in [6.45, 7) is 3.00. The van der Waals surface area contributed by atoms with E-state index in [9.17, 15) is 14.7 Å². The Morgan fingerprint density at radius 2 is 1.92 bits per heavy atom. The minimum absolute atomic E-state index is 0.344. The standard InChI is InChI=1S/C8H14O4/c1-3-4-6(10)7(5(2)9)8(11)12/h6-7,10H,3-4H2,1-2H3,(H,11,12)/t6-,7+/m1/s1. The van der Waals surface area contributed by atoms with Gasteiger partial charge in [-0.05, 0) is 13.3 Å². The third-order valence-electron chi connectivity index (χ3n) is 1.67. The summed E-state index contributed by atoms with van der Waals surface area (Å²) in [6.07, 6.45) is -0.0422. The Hall–Kier alpha value is -0.900. The molecule has 0 aromatic heterocycles. The molecule has 70 valence electrons. The maximum absolute atomic E-state index is 10.8. The first-order valence-electron chi connectivity index (χ1n) is 3.92. The Morgan fingerprint density at radius 3 is 2.17 bits per heavy atom. The number of ketones is 1. The zero-order valence-electron chi connectivity index (χ0n) is 7.28. The Morgan fingerprint density at radius 1 is 1.42 bits per heavy atom. The molecule has 4 heteroatoms. The number of Topliss-reactive ketones (excluding diaryl/α,β-unsaturated/α-hetero) is 1. The molecule has 0 saturated heterocycles. The third-order valence-corrected chi connectivity index (χ3v) is 1.67. The lowest BCUT2D eigenvalue weighted by Crippen LogP contribution is -2.33. The monoisotopic (exact) mass is 174 g/mol. The number of aliphatic carboxylic acids is 1. The minimum atomic E-state index is -1.26. The lowest BCUT2D eigenvalue weighted by atomic mass is 9.95. The first-order chi connectivity index (χ1) is 5.50. The largest absolute Gasteiger partial charge is 0.481 e. The Kier molecular flexibility index (Phi) is 4.51. The van der Waals surface area contributed by atoms with Gasteiger partial charge in [-0.2, -0.15) is 0 Å². The van der Waals surface area contributed by atoms with E-state index in [1.54, 1.807) is 0 Å². The number of carboxylic acid groups (broad SMARTS) is 1. The fourth-order valence-corrected chi connectivity index (χ4v) is 1.07. The molecule has 12 heavy (non-hydrogen) atoms. The molecule has 0 aliphatic rings. The normalized spacial score (nSPS) is 15.2. The molecule has 0 aromatic rings. The molecule has 0 spiro atoms. The first kappa shape index (κ1) is 11.1. The minimum Gasteiger partial charge on any atom is -0.481 e. The number of hydrogen-bond acceptors (Lipinski definition) is 3. The van der Waals surface area contributed by atoms with Gasteiger partial charge in [-0.3, -0.25) is 9.59 Å². The number of hydrogen-bond donors (Lipinski definition) is 2. The highest BCUT2D eigenvalue weighted by atomic mass is 16.4. The molecule has 0 saturated carbocycles. The van der Waals surface area contributed by atoms with Crippen molar-refractivity contribution in [2.45, 2.75) is 32.8 Å². The van der Waals surface area contributed by atoms with Crippen LogP contribution in [0.2, 0.25) is 0 Å². The summed E-state index contributed by atoms with van der Waals surface area (Å²) in [5, 5.41) is 17.8. The van der Waals surface area contributed by atoms with E-state index in [2.05, 4.69) is 0 Å². The van der Waals surface area contributed by atoms with Crippen molar-refractivity contribution in [2.24, 2.45) is 5.92 Å². The second-order valence-corrected chi connectivity index (χ2v) is 2.78. The predicted octanol–water partition coefficient (Wildman–Crippen LogP) is 0.437. The summed E-state index contributed by atoms with van der Waals surface area (Å²) >= 11 is 0. The van der Waals surface area contributed by atoms with Gasteiger partial charge < -0.3 is 10.2 Å². The third kappa shape index (κ3) is 3.00. The number of rotatable bonds is 5. The number of carbonyl (C=O) groups is 2. The zero-order chi connectivity index (χ0) is 9.72. The summed E-state index contributed by atoms with van der Waals surface area (Å²) in [5.74, 6) is -3.00. The van der Waals surface area contributed by atoms with Crippen molar-refractivity contribution < 1.29 is 19.8 Å². The van der Waals surface area contributed by atoms with Crippen LogP contribution >= 0.6 is 0 Å². The molecule has 0 aromatic carbocycles. The second-order valence-electron chi connectivity index (χ2n) is 2.78. The van der Waals surface area contributed by atoms with Crippen molar-refractivity contribution in [3.8, 4) is 0 Å². The molecule has 0 bridgehead atoms. The van der Waals surface area contributed by atoms with E-state index in [0.717, 1.165) is 0 Å². The molecule has 0 rings (SSSR count). The zero-order valence-corrected chi connectivity index (χ0v) is 7.28. The summed E-state index contributed by atoms with van der Waals surface area (Å²) < 4.78 is 0. The molecule has 0 heterocycles.